The fraction of sp³-hybridized carbons (Fsp3) is 0.333. The van der Waals surface area contributed by atoms with Crippen molar-refractivity contribution in [3.05, 3.63) is 26.7 Å². The van der Waals surface area contributed by atoms with Crippen molar-refractivity contribution < 1.29 is 4.39 Å². The van der Waals surface area contributed by atoms with Gasteiger partial charge in [-0.15, -0.1) is 0 Å². The Labute approximate surface area is 66.6 Å². The molecule has 0 aliphatic rings. The fourth-order valence-corrected chi connectivity index (χ4v) is 0.851. The molecule has 5 nitrogen and oxygen atoms in total. The van der Waals surface area contributed by atoms with Crippen LogP contribution in [0.4, 0.5) is 10.2 Å². The molecule has 0 radical (unpaired) electrons. The van der Waals surface area contributed by atoms with E-state index < -0.39 is 22.9 Å². The van der Waals surface area contributed by atoms with Gasteiger partial charge in [-0.25, -0.2) is 4.79 Å². The molecule has 0 fully saturated rings. The van der Waals surface area contributed by atoms with Gasteiger partial charge < -0.3 is 5.73 Å². The third-order valence-electron chi connectivity index (χ3n) is 1.47. The average Bonchev–Trinajstić information content (AvgIpc) is 2.01. The molecule has 12 heavy (non-hydrogen) atoms. The zero-order valence-electron chi connectivity index (χ0n) is 6.43. The molecule has 1 heterocycles. The van der Waals surface area contributed by atoms with Gasteiger partial charge in [0.1, 0.15) is 5.82 Å². The van der Waals surface area contributed by atoms with Gasteiger partial charge in [-0.05, 0) is 6.92 Å². The van der Waals surface area contributed by atoms with Crippen LogP contribution >= 0.6 is 0 Å². The Morgan fingerprint density at radius 1 is 1.58 bits per heavy atom. The van der Waals surface area contributed by atoms with E-state index in [2.05, 4.69) is 0 Å². The third-order valence-corrected chi connectivity index (χ3v) is 1.47. The number of rotatable bonds is 1. The van der Waals surface area contributed by atoms with Gasteiger partial charge in [-0.3, -0.25) is 14.3 Å². The van der Waals surface area contributed by atoms with Crippen LogP contribution in [0.5, 0.6) is 0 Å². The quantitative estimate of drug-likeness (QED) is 0.588. The Hall–Kier alpha value is -1.59. The van der Waals surface area contributed by atoms with Gasteiger partial charge in [-0.1, -0.05) is 0 Å². The summed E-state index contributed by atoms with van der Waals surface area (Å²) in [6, 6.07) is 0. The van der Waals surface area contributed by atoms with E-state index in [0.29, 0.717) is 0 Å². The van der Waals surface area contributed by atoms with Gasteiger partial charge in [0.05, 0.1) is 0 Å². The first-order valence-electron chi connectivity index (χ1n) is 3.36. The molecular weight excluding hydrogens is 165 g/mol. The largest absolute Gasteiger partial charge is 0.383 e. The lowest BCUT2D eigenvalue weighted by atomic mass is 10.5. The summed E-state index contributed by atoms with van der Waals surface area (Å²) in [7, 11) is 0. The van der Waals surface area contributed by atoms with Crippen molar-refractivity contribution in [2.45, 2.75) is 13.5 Å². The van der Waals surface area contributed by atoms with Gasteiger partial charge in [0.2, 0.25) is 5.82 Å². The Morgan fingerprint density at radius 2 is 2.17 bits per heavy atom. The van der Waals surface area contributed by atoms with Crippen molar-refractivity contribution >= 4 is 5.82 Å². The monoisotopic (exact) mass is 173 g/mol. The number of nitrogens with one attached hydrogen (secondary N) is 1. The SMILES string of the molecule is CCn1c(=O)[nH]c(N)c(F)c1=O. The van der Waals surface area contributed by atoms with E-state index in [-0.39, 0.29) is 6.54 Å². The molecule has 0 aromatic carbocycles. The molecule has 3 N–H and O–H groups in total. The smallest absolute Gasteiger partial charge is 0.330 e. The number of hydrogen-bond acceptors (Lipinski definition) is 3. The lowest BCUT2D eigenvalue weighted by Gasteiger charge is -2.00. The summed E-state index contributed by atoms with van der Waals surface area (Å²) in [5, 5.41) is 0. The molecule has 0 bridgehead atoms. The molecule has 0 aliphatic carbocycles. The molecule has 1 rings (SSSR count). The number of halogens is 1. The zero-order chi connectivity index (χ0) is 9.30. The van der Waals surface area contributed by atoms with E-state index in [0.717, 1.165) is 4.57 Å². The predicted molar refractivity (Wildman–Crippen MR) is 41.4 cm³/mol. The summed E-state index contributed by atoms with van der Waals surface area (Å²) in [5.74, 6) is -1.63. The number of hydrogen-bond donors (Lipinski definition) is 2. The number of H-pyrrole nitrogens is 1. The average molecular weight is 173 g/mol. The first-order chi connectivity index (χ1) is 5.57. The number of nitrogens with two attached hydrogens (primary N) is 1. The minimum atomic E-state index is -1.11. The minimum Gasteiger partial charge on any atom is -0.383 e. The van der Waals surface area contributed by atoms with Gasteiger partial charge in [0.15, 0.2) is 0 Å². The molecule has 1 aromatic heterocycles. The summed E-state index contributed by atoms with van der Waals surface area (Å²) in [6.45, 7) is 1.68. The van der Waals surface area contributed by atoms with Gasteiger partial charge in [-0.2, -0.15) is 4.39 Å². The van der Waals surface area contributed by atoms with Crippen LogP contribution in [0.15, 0.2) is 9.59 Å². The second-order valence-electron chi connectivity index (χ2n) is 2.21. The lowest BCUT2D eigenvalue weighted by molar-refractivity contribution is 0.557. The zero-order valence-corrected chi connectivity index (χ0v) is 6.43. The Morgan fingerprint density at radius 3 is 2.67 bits per heavy atom. The third kappa shape index (κ3) is 1.11. The van der Waals surface area contributed by atoms with Crippen LogP contribution in [0.3, 0.4) is 0 Å². The van der Waals surface area contributed by atoms with Gasteiger partial charge >= 0.3 is 5.69 Å². The normalized spacial score (nSPS) is 10.2. The summed E-state index contributed by atoms with van der Waals surface area (Å²) in [5.41, 5.74) is 3.32. The van der Waals surface area contributed by atoms with Crippen molar-refractivity contribution in [2.75, 3.05) is 5.73 Å². The lowest BCUT2D eigenvalue weighted by Crippen LogP contribution is -2.37. The van der Waals surface area contributed by atoms with Crippen LogP contribution in [0, 0.1) is 5.82 Å². The van der Waals surface area contributed by atoms with E-state index >= 15 is 0 Å². The fourth-order valence-electron chi connectivity index (χ4n) is 0.851. The van der Waals surface area contributed by atoms with Crippen molar-refractivity contribution in [2.24, 2.45) is 0 Å². The van der Waals surface area contributed by atoms with E-state index in [1.165, 1.54) is 0 Å². The molecule has 0 unspecified atom stereocenters. The molecule has 0 atom stereocenters. The summed E-state index contributed by atoms with van der Waals surface area (Å²) in [6.07, 6.45) is 0. The highest BCUT2D eigenvalue weighted by Crippen LogP contribution is 1.93. The number of anilines is 1. The summed E-state index contributed by atoms with van der Waals surface area (Å²) >= 11 is 0. The second-order valence-corrected chi connectivity index (χ2v) is 2.21. The predicted octanol–water partition coefficient (Wildman–Crippen LogP) is -0.722. The Kier molecular flexibility index (Phi) is 1.99. The van der Waals surface area contributed by atoms with Gasteiger partial charge in [0, 0.05) is 6.54 Å². The van der Waals surface area contributed by atoms with Crippen LogP contribution < -0.4 is 17.0 Å². The first-order valence-corrected chi connectivity index (χ1v) is 3.36. The van der Waals surface area contributed by atoms with E-state index in [1.807, 2.05) is 4.98 Å². The molecule has 0 spiro atoms. The van der Waals surface area contributed by atoms with Crippen LogP contribution in [0.25, 0.3) is 0 Å². The first kappa shape index (κ1) is 8.51. The van der Waals surface area contributed by atoms with Crippen LogP contribution in [0.1, 0.15) is 6.92 Å². The van der Waals surface area contributed by atoms with Crippen molar-refractivity contribution in [3.8, 4) is 0 Å². The van der Waals surface area contributed by atoms with E-state index in [4.69, 9.17) is 5.73 Å². The maximum Gasteiger partial charge on any atom is 0.330 e. The minimum absolute atomic E-state index is 0.116. The molecule has 1 aromatic rings. The van der Waals surface area contributed by atoms with Crippen molar-refractivity contribution in [1.82, 2.24) is 9.55 Å². The molecular formula is C6H8FN3O2. The van der Waals surface area contributed by atoms with Crippen LogP contribution in [0.2, 0.25) is 0 Å². The molecule has 6 heteroatoms. The number of aromatic amines is 1. The highest BCUT2D eigenvalue weighted by Gasteiger charge is 2.09. The van der Waals surface area contributed by atoms with Crippen molar-refractivity contribution in [3.63, 3.8) is 0 Å². The molecule has 0 saturated carbocycles. The van der Waals surface area contributed by atoms with Crippen LogP contribution in [-0.4, -0.2) is 9.55 Å². The maximum atomic E-state index is 12.7. The Bertz CT molecular complexity index is 406. The van der Waals surface area contributed by atoms with Crippen LogP contribution in [-0.2, 0) is 6.54 Å². The van der Waals surface area contributed by atoms with Gasteiger partial charge in [0.25, 0.3) is 5.56 Å². The summed E-state index contributed by atoms with van der Waals surface area (Å²) in [4.78, 5) is 23.8. The topological polar surface area (TPSA) is 80.9 Å². The van der Waals surface area contributed by atoms with Crippen molar-refractivity contribution in [1.29, 1.82) is 0 Å². The maximum absolute atomic E-state index is 12.7. The Balaban J connectivity index is 3.64. The number of aromatic nitrogens is 2. The molecule has 66 valence electrons. The highest BCUT2D eigenvalue weighted by atomic mass is 19.1. The standard InChI is InChI=1S/C6H8FN3O2/c1-2-10-5(11)3(7)4(8)9-6(10)12/h2,8H2,1H3,(H,9,12). The summed E-state index contributed by atoms with van der Waals surface area (Å²) < 4.78 is 13.5. The van der Waals surface area contributed by atoms with E-state index in [9.17, 15) is 14.0 Å². The second kappa shape index (κ2) is 2.80. The van der Waals surface area contributed by atoms with E-state index in [1.54, 1.807) is 6.92 Å². The number of nitrogens with zero attached hydrogens (tertiary/aromatic N) is 1. The number of nitrogen functional groups attached to an aromatic ring is 1. The molecule has 0 aliphatic heterocycles. The molecule has 0 amide bonds. The highest BCUT2D eigenvalue weighted by molar-refractivity contribution is 5.26. The molecule has 0 saturated heterocycles.